The van der Waals surface area contributed by atoms with E-state index in [2.05, 4.69) is 0 Å². The molecule has 1 aromatic carbocycles. The molecular weight excluding hydrogens is 326 g/mol. The highest BCUT2D eigenvalue weighted by molar-refractivity contribution is 5.90. The number of ether oxygens (including phenoxy) is 1. The second-order valence-corrected chi connectivity index (χ2v) is 5.42. The van der Waals surface area contributed by atoms with Crippen molar-refractivity contribution in [2.24, 2.45) is 7.05 Å². The Morgan fingerprint density at radius 3 is 2.52 bits per heavy atom. The maximum Gasteiger partial charge on any atom is 0.355 e. The summed E-state index contributed by atoms with van der Waals surface area (Å²) in [6.07, 6.45) is 1.21. The lowest BCUT2D eigenvalue weighted by atomic mass is 10.2. The lowest BCUT2D eigenvalue weighted by Gasteiger charge is -2.20. The summed E-state index contributed by atoms with van der Waals surface area (Å²) in [4.78, 5) is 36.0. The van der Waals surface area contributed by atoms with Gasteiger partial charge in [0, 0.05) is 26.2 Å². The molecule has 2 aromatic rings. The van der Waals surface area contributed by atoms with Gasteiger partial charge in [-0.05, 0) is 12.5 Å². The van der Waals surface area contributed by atoms with Crippen LogP contribution in [0.4, 0.5) is 5.69 Å². The van der Waals surface area contributed by atoms with Gasteiger partial charge in [0.2, 0.25) is 0 Å². The van der Waals surface area contributed by atoms with Crippen molar-refractivity contribution in [1.29, 1.82) is 0 Å². The molecule has 0 atom stereocenters. The highest BCUT2D eigenvalue weighted by Crippen LogP contribution is 2.16. The number of amides is 1. The molecule has 0 saturated carbocycles. The number of carbonyl (C=O) groups excluding carboxylic acids is 2. The molecule has 1 heterocycles. The van der Waals surface area contributed by atoms with Crippen LogP contribution in [0, 0.1) is 10.1 Å². The smallest absolute Gasteiger partial charge is 0.355 e. The standard InChI is InChI=1S/C17H19N3O5/c1-3-19(10-13-7-5-4-6-8-13)16(21)12-25-17(22)15-9-14(20(23)24)11-18(15)2/h4-9,11H,3,10,12H2,1-2H3. The molecule has 0 N–H and O–H groups in total. The molecule has 132 valence electrons. The number of aryl methyl sites for hydroxylation is 1. The first-order valence-corrected chi connectivity index (χ1v) is 7.72. The van der Waals surface area contributed by atoms with Crippen molar-refractivity contribution in [3.63, 3.8) is 0 Å². The molecule has 8 heteroatoms. The van der Waals surface area contributed by atoms with Gasteiger partial charge in [0.05, 0.1) is 11.1 Å². The third kappa shape index (κ3) is 4.66. The SMILES string of the molecule is CCN(Cc1ccccc1)C(=O)COC(=O)c1cc([N+](=O)[O-])cn1C. The van der Waals surface area contributed by atoms with Gasteiger partial charge < -0.3 is 14.2 Å². The van der Waals surface area contributed by atoms with Gasteiger partial charge in [0.25, 0.3) is 11.6 Å². The normalized spacial score (nSPS) is 10.3. The van der Waals surface area contributed by atoms with Gasteiger partial charge in [-0.1, -0.05) is 30.3 Å². The molecular formula is C17H19N3O5. The van der Waals surface area contributed by atoms with Crippen molar-refractivity contribution in [2.45, 2.75) is 13.5 Å². The van der Waals surface area contributed by atoms with Crippen molar-refractivity contribution in [1.82, 2.24) is 9.47 Å². The lowest BCUT2D eigenvalue weighted by molar-refractivity contribution is -0.384. The fourth-order valence-corrected chi connectivity index (χ4v) is 2.32. The Hall–Kier alpha value is -3.16. The van der Waals surface area contributed by atoms with Crippen molar-refractivity contribution < 1.29 is 19.2 Å². The summed E-state index contributed by atoms with van der Waals surface area (Å²) >= 11 is 0. The Morgan fingerprint density at radius 1 is 1.28 bits per heavy atom. The van der Waals surface area contributed by atoms with Crippen molar-refractivity contribution in [2.75, 3.05) is 13.2 Å². The van der Waals surface area contributed by atoms with Crippen LogP contribution >= 0.6 is 0 Å². The molecule has 0 bridgehead atoms. The summed E-state index contributed by atoms with van der Waals surface area (Å²) in [7, 11) is 1.50. The number of aromatic nitrogens is 1. The van der Waals surface area contributed by atoms with Gasteiger partial charge in [-0.3, -0.25) is 14.9 Å². The summed E-state index contributed by atoms with van der Waals surface area (Å²) in [5, 5.41) is 10.7. The number of hydrogen-bond donors (Lipinski definition) is 0. The Labute approximate surface area is 144 Å². The van der Waals surface area contributed by atoms with E-state index < -0.39 is 17.5 Å². The molecule has 0 radical (unpaired) electrons. The molecule has 0 aliphatic carbocycles. The van der Waals surface area contributed by atoms with Crippen LogP contribution in [0.2, 0.25) is 0 Å². The predicted octanol–water partition coefficient (Wildman–Crippen LogP) is 2.14. The summed E-state index contributed by atoms with van der Waals surface area (Å²) in [6, 6.07) is 10.6. The largest absolute Gasteiger partial charge is 0.451 e. The van der Waals surface area contributed by atoms with Crippen LogP contribution in [0.25, 0.3) is 0 Å². The molecule has 25 heavy (non-hydrogen) atoms. The highest BCUT2D eigenvalue weighted by Gasteiger charge is 2.21. The highest BCUT2D eigenvalue weighted by atomic mass is 16.6. The van der Waals surface area contributed by atoms with Gasteiger partial charge >= 0.3 is 5.97 Å². The van der Waals surface area contributed by atoms with Crippen LogP contribution in [-0.4, -0.2) is 39.4 Å². The second-order valence-electron chi connectivity index (χ2n) is 5.42. The van der Waals surface area contributed by atoms with Crippen LogP contribution < -0.4 is 0 Å². The Morgan fingerprint density at radius 2 is 1.96 bits per heavy atom. The first-order valence-electron chi connectivity index (χ1n) is 7.72. The van der Waals surface area contributed by atoms with E-state index in [0.717, 1.165) is 11.6 Å². The first kappa shape index (κ1) is 18.2. The molecule has 0 fully saturated rings. The Balaban J connectivity index is 1.96. The molecule has 8 nitrogen and oxygen atoms in total. The third-order valence-corrected chi connectivity index (χ3v) is 3.69. The van der Waals surface area contributed by atoms with E-state index in [1.54, 1.807) is 4.90 Å². The summed E-state index contributed by atoms with van der Waals surface area (Å²) < 4.78 is 6.31. The quantitative estimate of drug-likeness (QED) is 0.435. The minimum atomic E-state index is -0.778. The van der Waals surface area contributed by atoms with Crippen LogP contribution in [0.3, 0.4) is 0 Å². The Kier molecular flexibility index (Phi) is 5.89. The van der Waals surface area contributed by atoms with Gasteiger partial charge in [0.1, 0.15) is 5.69 Å². The number of hydrogen-bond acceptors (Lipinski definition) is 5. The zero-order chi connectivity index (χ0) is 18.4. The third-order valence-electron chi connectivity index (χ3n) is 3.69. The summed E-state index contributed by atoms with van der Waals surface area (Å²) in [5.74, 6) is -1.11. The first-order chi connectivity index (χ1) is 11.9. The number of nitro groups is 1. The van der Waals surface area contributed by atoms with E-state index in [1.807, 2.05) is 37.3 Å². The fraction of sp³-hybridized carbons (Fsp3) is 0.294. The van der Waals surface area contributed by atoms with Crippen LogP contribution in [-0.2, 0) is 23.1 Å². The number of rotatable bonds is 7. The second kappa shape index (κ2) is 8.09. The van der Waals surface area contributed by atoms with Crippen molar-refractivity contribution in [3.8, 4) is 0 Å². The zero-order valence-corrected chi connectivity index (χ0v) is 14.0. The van der Waals surface area contributed by atoms with Gasteiger partial charge in [-0.2, -0.15) is 0 Å². The average Bonchev–Trinajstić information content (AvgIpc) is 3.00. The van der Waals surface area contributed by atoms with E-state index in [9.17, 15) is 19.7 Å². The fourth-order valence-electron chi connectivity index (χ4n) is 2.32. The summed E-state index contributed by atoms with van der Waals surface area (Å²) in [6.45, 7) is 2.31. The molecule has 0 spiro atoms. The van der Waals surface area contributed by atoms with Crippen LogP contribution in [0.15, 0.2) is 42.6 Å². The number of likely N-dealkylation sites (N-methyl/N-ethyl adjacent to an activating group) is 1. The number of carbonyl (C=O) groups is 2. The lowest BCUT2D eigenvalue weighted by Crippen LogP contribution is -2.34. The van der Waals surface area contributed by atoms with Crippen molar-refractivity contribution in [3.05, 3.63) is 64.0 Å². The van der Waals surface area contributed by atoms with Gasteiger partial charge in [0.15, 0.2) is 6.61 Å². The summed E-state index contributed by atoms with van der Waals surface area (Å²) in [5.41, 5.74) is 0.785. The molecule has 1 amide bonds. The monoisotopic (exact) mass is 345 g/mol. The molecule has 1 aromatic heterocycles. The van der Waals surface area contributed by atoms with E-state index >= 15 is 0 Å². The van der Waals surface area contributed by atoms with Crippen molar-refractivity contribution >= 4 is 17.6 Å². The molecule has 0 aliphatic rings. The predicted molar refractivity (Wildman–Crippen MR) is 89.9 cm³/mol. The molecule has 0 unspecified atom stereocenters. The molecule has 0 aliphatic heterocycles. The van der Waals surface area contributed by atoms with E-state index in [4.69, 9.17) is 4.74 Å². The number of benzene rings is 1. The van der Waals surface area contributed by atoms with Gasteiger partial charge in [-0.15, -0.1) is 0 Å². The van der Waals surface area contributed by atoms with Crippen LogP contribution in [0.5, 0.6) is 0 Å². The maximum atomic E-state index is 12.2. The molecule has 0 saturated heterocycles. The average molecular weight is 345 g/mol. The number of esters is 1. The maximum absolute atomic E-state index is 12.2. The number of nitrogens with zero attached hydrogens (tertiary/aromatic N) is 3. The van der Waals surface area contributed by atoms with Gasteiger partial charge in [-0.25, -0.2) is 4.79 Å². The topological polar surface area (TPSA) is 94.7 Å². The molecule has 2 rings (SSSR count). The van der Waals surface area contributed by atoms with Crippen LogP contribution in [0.1, 0.15) is 23.0 Å². The van der Waals surface area contributed by atoms with E-state index in [0.29, 0.717) is 13.1 Å². The van der Waals surface area contributed by atoms with E-state index in [-0.39, 0.29) is 17.3 Å². The zero-order valence-electron chi connectivity index (χ0n) is 14.0. The minimum Gasteiger partial charge on any atom is -0.451 e. The van der Waals surface area contributed by atoms with E-state index in [1.165, 1.54) is 17.8 Å². The Bertz CT molecular complexity index is 770. The minimum absolute atomic E-state index is 0.0191.